The molecule has 2 aromatic rings. The average Bonchev–Trinajstić information content (AvgIpc) is 3.44. The van der Waals surface area contributed by atoms with E-state index in [9.17, 15) is 19.2 Å². The number of nitrogens with one attached hydrogen (secondary N) is 3. The zero-order valence-corrected chi connectivity index (χ0v) is 19.2. The normalized spacial score (nSPS) is 18.5. The molecule has 33 heavy (non-hydrogen) atoms. The molecule has 0 spiro atoms. The maximum Gasteiger partial charge on any atom is 0.325 e. The lowest BCUT2D eigenvalue weighted by molar-refractivity contribution is -0.144. The number of carbonyl (C=O) groups excluding carboxylic acids is 3. The Bertz CT molecular complexity index is 1040. The van der Waals surface area contributed by atoms with Crippen LogP contribution >= 0.6 is 12.6 Å². The predicted octanol–water partition coefficient (Wildman–Crippen LogP) is 0.0326. The van der Waals surface area contributed by atoms with Crippen molar-refractivity contribution in [3.63, 3.8) is 0 Å². The van der Waals surface area contributed by atoms with Crippen molar-refractivity contribution in [1.82, 2.24) is 20.5 Å². The van der Waals surface area contributed by atoms with Crippen LogP contribution in [-0.2, 0) is 25.6 Å². The Hall–Kier alpha value is -3.05. The second kappa shape index (κ2) is 10.7. The summed E-state index contributed by atoms with van der Waals surface area (Å²) in [4.78, 5) is 53.9. The summed E-state index contributed by atoms with van der Waals surface area (Å²) in [5.74, 6) is -2.61. The van der Waals surface area contributed by atoms with Crippen molar-refractivity contribution in [2.24, 2.45) is 5.73 Å². The number of amides is 3. The van der Waals surface area contributed by atoms with E-state index in [0.29, 0.717) is 19.4 Å². The van der Waals surface area contributed by atoms with Gasteiger partial charge in [-0.05, 0) is 37.8 Å². The van der Waals surface area contributed by atoms with Gasteiger partial charge in [0.25, 0.3) is 0 Å². The third kappa shape index (κ3) is 5.66. The summed E-state index contributed by atoms with van der Waals surface area (Å²) in [6.07, 6.45) is 3.10. The van der Waals surface area contributed by atoms with Crippen LogP contribution in [0.3, 0.4) is 0 Å². The molecule has 1 saturated heterocycles. The smallest absolute Gasteiger partial charge is 0.325 e. The molecule has 1 fully saturated rings. The Balaban J connectivity index is 1.62. The number of likely N-dealkylation sites (tertiary alicyclic amines) is 1. The number of benzene rings is 1. The lowest BCUT2D eigenvalue weighted by Gasteiger charge is -2.29. The molecule has 0 radical (unpaired) electrons. The maximum atomic E-state index is 13.1. The third-order valence-electron chi connectivity index (χ3n) is 5.82. The van der Waals surface area contributed by atoms with Gasteiger partial charge in [-0.1, -0.05) is 18.2 Å². The number of aromatic nitrogens is 1. The zero-order chi connectivity index (χ0) is 24.1. The second-order valence-electron chi connectivity index (χ2n) is 8.17. The number of aromatic amines is 1. The Morgan fingerprint density at radius 2 is 2.00 bits per heavy atom. The topological polar surface area (TPSA) is 158 Å². The van der Waals surface area contributed by atoms with Gasteiger partial charge in [-0.3, -0.25) is 19.2 Å². The highest BCUT2D eigenvalue weighted by Gasteiger charge is 2.38. The predicted molar refractivity (Wildman–Crippen MR) is 126 cm³/mol. The summed E-state index contributed by atoms with van der Waals surface area (Å²) < 4.78 is 0. The monoisotopic (exact) mass is 475 g/mol. The molecule has 0 bridgehead atoms. The Morgan fingerprint density at radius 1 is 1.27 bits per heavy atom. The fourth-order valence-electron chi connectivity index (χ4n) is 3.97. The van der Waals surface area contributed by atoms with Crippen molar-refractivity contribution < 1.29 is 24.3 Å². The van der Waals surface area contributed by atoms with Crippen LogP contribution in [0.2, 0.25) is 0 Å². The van der Waals surface area contributed by atoms with E-state index in [1.165, 1.54) is 11.8 Å². The molecule has 0 saturated carbocycles. The second-order valence-corrected chi connectivity index (χ2v) is 8.54. The van der Waals surface area contributed by atoms with Crippen LogP contribution in [-0.4, -0.2) is 75.1 Å². The third-order valence-corrected chi connectivity index (χ3v) is 6.18. The van der Waals surface area contributed by atoms with Crippen molar-refractivity contribution in [2.75, 3.05) is 12.3 Å². The summed E-state index contributed by atoms with van der Waals surface area (Å²) >= 11 is 4.21. The number of nitrogens with two attached hydrogens (primary N) is 1. The van der Waals surface area contributed by atoms with Gasteiger partial charge < -0.3 is 31.4 Å². The quantitative estimate of drug-likeness (QED) is 0.281. The first-order valence-electron chi connectivity index (χ1n) is 10.8. The number of fused-ring (bicyclic) bond motifs is 1. The Morgan fingerprint density at radius 3 is 2.70 bits per heavy atom. The molecule has 178 valence electrons. The highest BCUT2D eigenvalue weighted by atomic mass is 32.1. The Labute approximate surface area is 196 Å². The molecule has 2 heterocycles. The molecule has 1 aromatic carbocycles. The summed E-state index contributed by atoms with van der Waals surface area (Å²) in [5.41, 5.74) is 7.96. The lowest BCUT2D eigenvalue weighted by Crippen LogP contribution is -2.57. The molecule has 6 N–H and O–H groups in total. The lowest BCUT2D eigenvalue weighted by atomic mass is 10.0. The minimum atomic E-state index is -1.16. The van der Waals surface area contributed by atoms with E-state index in [2.05, 4.69) is 28.2 Å². The fourth-order valence-corrected chi connectivity index (χ4v) is 4.22. The summed E-state index contributed by atoms with van der Waals surface area (Å²) in [6.45, 7) is 1.69. The molecule has 3 amide bonds. The minimum Gasteiger partial charge on any atom is -0.480 e. The van der Waals surface area contributed by atoms with Gasteiger partial charge in [0.15, 0.2) is 0 Å². The van der Waals surface area contributed by atoms with Crippen LogP contribution in [0, 0.1) is 0 Å². The molecule has 4 unspecified atom stereocenters. The molecule has 4 atom stereocenters. The SMILES string of the molecule is CC(NC(=O)C1CCCN1C(=O)C(CS)NC(=O)C(N)Cc1c[nH]c2ccccc12)C(=O)O. The van der Waals surface area contributed by atoms with Gasteiger partial charge in [-0.15, -0.1) is 0 Å². The molecule has 1 aliphatic rings. The molecule has 1 aliphatic heterocycles. The van der Waals surface area contributed by atoms with Crippen LogP contribution in [0.4, 0.5) is 0 Å². The van der Waals surface area contributed by atoms with Crippen molar-refractivity contribution in [2.45, 2.75) is 50.4 Å². The average molecular weight is 476 g/mol. The van der Waals surface area contributed by atoms with E-state index < -0.39 is 47.9 Å². The van der Waals surface area contributed by atoms with E-state index in [1.807, 2.05) is 30.5 Å². The molecular formula is C22H29N5O5S. The van der Waals surface area contributed by atoms with Crippen molar-refractivity contribution in [3.8, 4) is 0 Å². The number of carbonyl (C=O) groups is 4. The number of carboxylic acid groups (broad SMARTS) is 1. The van der Waals surface area contributed by atoms with Crippen LogP contribution in [0.5, 0.6) is 0 Å². The van der Waals surface area contributed by atoms with Crippen LogP contribution in [0.15, 0.2) is 30.5 Å². The largest absolute Gasteiger partial charge is 0.480 e. The van der Waals surface area contributed by atoms with Gasteiger partial charge in [-0.2, -0.15) is 12.6 Å². The van der Waals surface area contributed by atoms with E-state index in [1.54, 1.807) is 0 Å². The molecule has 3 rings (SSSR count). The van der Waals surface area contributed by atoms with Gasteiger partial charge in [-0.25, -0.2) is 0 Å². The first-order valence-corrected chi connectivity index (χ1v) is 11.4. The molecule has 11 heteroatoms. The van der Waals surface area contributed by atoms with E-state index in [-0.39, 0.29) is 12.2 Å². The van der Waals surface area contributed by atoms with Gasteiger partial charge in [0, 0.05) is 29.4 Å². The molecule has 0 aliphatic carbocycles. The highest BCUT2D eigenvalue weighted by molar-refractivity contribution is 7.80. The zero-order valence-electron chi connectivity index (χ0n) is 18.3. The number of para-hydroxylation sites is 1. The van der Waals surface area contributed by atoms with Gasteiger partial charge in [0.05, 0.1) is 6.04 Å². The molecular weight excluding hydrogens is 446 g/mol. The van der Waals surface area contributed by atoms with Crippen molar-refractivity contribution in [1.29, 1.82) is 0 Å². The highest BCUT2D eigenvalue weighted by Crippen LogP contribution is 2.20. The number of carboxylic acids is 1. The number of rotatable bonds is 9. The molecule has 10 nitrogen and oxygen atoms in total. The first kappa shape index (κ1) is 24.6. The van der Waals surface area contributed by atoms with Crippen molar-refractivity contribution >= 4 is 47.2 Å². The fraction of sp³-hybridized carbons (Fsp3) is 0.455. The van der Waals surface area contributed by atoms with E-state index in [0.717, 1.165) is 16.5 Å². The van der Waals surface area contributed by atoms with Crippen molar-refractivity contribution in [3.05, 3.63) is 36.0 Å². The summed E-state index contributed by atoms with van der Waals surface area (Å²) in [7, 11) is 0. The standard InChI is InChI=1S/C22H29N5O5S/c1-12(22(31)32)25-20(29)18-7-4-8-27(18)21(30)17(11-33)26-19(28)15(23)9-13-10-24-16-6-3-2-5-14(13)16/h2-3,5-6,10,12,15,17-18,24,33H,4,7-9,11,23H2,1H3,(H,25,29)(H,26,28)(H,31,32). The maximum absolute atomic E-state index is 13.1. The number of hydrogen-bond donors (Lipinski definition) is 6. The number of hydrogen-bond acceptors (Lipinski definition) is 6. The number of thiol groups is 1. The Kier molecular flexibility index (Phi) is 7.98. The van der Waals surface area contributed by atoms with Gasteiger partial charge >= 0.3 is 5.97 Å². The van der Waals surface area contributed by atoms with E-state index in [4.69, 9.17) is 10.8 Å². The van der Waals surface area contributed by atoms with Crippen LogP contribution < -0.4 is 16.4 Å². The number of nitrogens with zero attached hydrogens (tertiary/aromatic N) is 1. The van der Waals surface area contributed by atoms with Gasteiger partial charge in [0.2, 0.25) is 17.7 Å². The number of H-pyrrole nitrogens is 1. The van der Waals surface area contributed by atoms with Crippen LogP contribution in [0.25, 0.3) is 10.9 Å². The molecule has 1 aromatic heterocycles. The van der Waals surface area contributed by atoms with Crippen LogP contribution in [0.1, 0.15) is 25.3 Å². The summed E-state index contributed by atoms with van der Waals surface area (Å²) in [6, 6.07) is 3.98. The minimum absolute atomic E-state index is 0.0285. The van der Waals surface area contributed by atoms with Gasteiger partial charge in [0.1, 0.15) is 18.1 Å². The first-order chi connectivity index (χ1) is 15.7. The number of aliphatic carboxylic acids is 1. The van der Waals surface area contributed by atoms with E-state index >= 15 is 0 Å². The summed E-state index contributed by atoms with van der Waals surface area (Å²) in [5, 5.41) is 15.0.